The van der Waals surface area contributed by atoms with Gasteiger partial charge in [-0.15, -0.1) is 0 Å². The largest absolute Gasteiger partial charge is 0.462 e. The predicted octanol–water partition coefficient (Wildman–Crippen LogP) is 26.9. The summed E-state index contributed by atoms with van der Waals surface area (Å²) in [7, 11) is 0. The lowest BCUT2D eigenvalue weighted by molar-refractivity contribution is -0.161. The van der Waals surface area contributed by atoms with E-state index in [-0.39, 0.29) is 25.2 Å². The van der Waals surface area contributed by atoms with E-state index in [0.717, 1.165) is 148 Å². The van der Waals surface area contributed by atoms with Gasteiger partial charge < -0.3 is 14.6 Å². The molecule has 5 nitrogen and oxygen atoms in total. The molecule has 0 aromatic carbocycles. The lowest BCUT2D eigenvalue weighted by atomic mass is 10.0. The van der Waals surface area contributed by atoms with Crippen molar-refractivity contribution in [2.24, 2.45) is 0 Å². The molecule has 0 amide bonds. The van der Waals surface area contributed by atoms with E-state index < -0.39 is 6.10 Å². The fourth-order valence-electron chi connectivity index (χ4n) is 10.0. The summed E-state index contributed by atoms with van der Waals surface area (Å²) in [6.07, 6.45) is 127. The number of carbonyl (C=O) groups is 2. The van der Waals surface area contributed by atoms with Crippen LogP contribution in [0.4, 0.5) is 0 Å². The Morgan fingerprint density at radius 1 is 0.250 bits per heavy atom. The molecule has 5 heteroatoms. The number of hydrogen-bond donors (Lipinski definition) is 1. The summed E-state index contributed by atoms with van der Waals surface area (Å²) in [5, 5.41) is 9.72. The zero-order valence-corrected chi connectivity index (χ0v) is 59.2. The lowest BCUT2D eigenvalue weighted by Crippen LogP contribution is -2.28. The third kappa shape index (κ3) is 76.9. The molecular formula is C87H138O5. The molecule has 0 aromatic heterocycles. The van der Waals surface area contributed by atoms with Gasteiger partial charge in [0.05, 0.1) is 6.61 Å². The Balaban J connectivity index is 3.55. The van der Waals surface area contributed by atoms with Gasteiger partial charge in [0.2, 0.25) is 0 Å². The van der Waals surface area contributed by atoms with E-state index in [0.29, 0.717) is 12.8 Å². The summed E-state index contributed by atoms with van der Waals surface area (Å²) in [6, 6.07) is 0. The van der Waals surface area contributed by atoms with Crippen LogP contribution in [-0.2, 0) is 19.1 Å². The lowest BCUT2D eigenvalue weighted by Gasteiger charge is -2.15. The minimum Gasteiger partial charge on any atom is -0.462 e. The molecule has 0 bridgehead atoms. The van der Waals surface area contributed by atoms with E-state index in [4.69, 9.17) is 9.47 Å². The van der Waals surface area contributed by atoms with Crippen molar-refractivity contribution < 1.29 is 24.2 Å². The number of rotatable bonds is 67. The maximum absolute atomic E-state index is 12.4. The fourth-order valence-corrected chi connectivity index (χ4v) is 10.0. The molecule has 0 aliphatic carbocycles. The highest BCUT2D eigenvalue weighted by Gasteiger charge is 2.16. The van der Waals surface area contributed by atoms with Gasteiger partial charge >= 0.3 is 11.9 Å². The van der Waals surface area contributed by atoms with Gasteiger partial charge in [0.1, 0.15) is 6.61 Å². The van der Waals surface area contributed by atoms with Gasteiger partial charge in [-0.3, -0.25) is 9.59 Å². The first-order valence-corrected chi connectivity index (χ1v) is 37.6. The quantitative estimate of drug-likeness (QED) is 0.0373. The highest BCUT2D eigenvalue weighted by Crippen LogP contribution is 2.16. The molecule has 1 unspecified atom stereocenters. The molecule has 516 valence electrons. The van der Waals surface area contributed by atoms with Crippen LogP contribution in [0.15, 0.2) is 207 Å². The van der Waals surface area contributed by atoms with Crippen LogP contribution in [0, 0.1) is 0 Å². The average molecular weight is 1260 g/mol. The van der Waals surface area contributed by atoms with E-state index in [1.165, 1.54) is 135 Å². The monoisotopic (exact) mass is 1260 g/mol. The Morgan fingerprint density at radius 3 is 0.652 bits per heavy atom. The summed E-state index contributed by atoms with van der Waals surface area (Å²) < 4.78 is 10.8. The molecule has 0 aromatic rings. The SMILES string of the molecule is CC/C=C\C/C=C\C/C=C\C/C=C\C/C=C\C/C=C\C/C=C\C/C=C\C/C=C\CCCCCCCCCCCCCC(=O)OC(CO)COC(=O)CCCCCCCCCCCCCCCC/C=C\C/C=C\C/C=C\C/C=C\C/C=C\C/C=C\C/C=C\C/C=C\CC. The Morgan fingerprint density at radius 2 is 0.435 bits per heavy atom. The Kier molecular flexibility index (Phi) is 74.9. The van der Waals surface area contributed by atoms with Crippen molar-refractivity contribution in [2.75, 3.05) is 13.2 Å². The van der Waals surface area contributed by atoms with Crippen LogP contribution in [0.25, 0.3) is 0 Å². The average Bonchev–Trinajstić information content (AvgIpc) is 3.75. The van der Waals surface area contributed by atoms with E-state index in [9.17, 15) is 14.7 Å². The number of aliphatic hydroxyl groups excluding tert-OH is 1. The van der Waals surface area contributed by atoms with Crippen molar-refractivity contribution >= 4 is 11.9 Å². The topological polar surface area (TPSA) is 72.8 Å². The first-order chi connectivity index (χ1) is 45.6. The van der Waals surface area contributed by atoms with Gasteiger partial charge in [-0.1, -0.05) is 355 Å². The zero-order valence-electron chi connectivity index (χ0n) is 59.2. The van der Waals surface area contributed by atoms with Gasteiger partial charge in [0.15, 0.2) is 6.10 Å². The van der Waals surface area contributed by atoms with Crippen LogP contribution >= 0.6 is 0 Å². The molecule has 0 spiro atoms. The Bertz CT molecular complexity index is 2120. The first-order valence-electron chi connectivity index (χ1n) is 37.6. The minimum atomic E-state index is -0.789. The number of allylic oxidation sites excluding steroid dienone is 34. The van der Waals surface area contributed by atoms with Crippen LogP contribution in [0.2, 0.25) is 0 Å². The molecule has 1 atom stereocenters. The maximum atomic E-state index is 12.4. The van der Waals surface area contributed by atoms with Gasteiger partial charge in [0.25, 0.3) is 0 Å². The molecule has 0 rings (SSSR count). The summed E-state index contributed by atoms with van der Waals surface area (Å²) in [5.74, 6) is -0.599. The molecular weight excluding hydrogens is 1120 g/mol. The number of esters is 2. The number of unbranched alkanes of at least 4 members (excludes halogenated alkanes) is 25. The van der Waals surface area contributed by atoms with Crippen molar-refractivity contribution in [2.45, 2.75) is 315 Å². The van der Waals surface area contributed by atoms with Gasteiger partial charge in [0, 0.05) is 12.8 Å². The van der Waals surface area contributed by atoms with Crippen molar-refractivity contribution in [3.8, 4) is 0 Å². The van der Waals surface area contributed by atoms with Crippen LogP contribution in [0.5, 0.6) is 0 Å². The molecule has 0 saturated carbocycles. The van der Waals surface area contributed by atoms with E-state index in [1.807, 2.05) is 0 Å². The number of hydrogen-bond acceptors (Lipinski definition) is 5. The van der Waals surface area contributed by atoms with E-state index in [2.05, 4.69) is 220 Å². The third-order valence-electron chi connectivity index (χ3n) is 15.6. The zero-order chi connectivity index (χ0) is 66.1. The van der Waals surface area contributed by atoms with Crippen molar-refractivity contribution in [1.82, 2.24) is 0 Å². The van der Waals surface area contributed by atoms with Crippen LogP contribution in [0.3, 0.4) is 0 Å². The van der Waals surface area contributed by atoms with Crippen molar-refractivity contribution in [3.63, 3.8) is 0 Å². The van der Waals surface area contributed by atoms with Crippen molar-refractivity contribution in [3.05, 3.63) is 207 Å². The van der Waals surface area contributed by atoms with E-state index >= 15 is 0 Å². The summed E-state index contributed by atoms with van der Waals surface area (Å²) in [6.45, 7) is 3.91. The number of carbonyl (C=O) groups excluding carboxylic acids is 2. The fraction of sp³-hybridized carbons (Fsp3) is 0.586. The molecule has 1 N–H and O–H groups in total. The molecule has 0 heterocycles. The minimum absolute atomic E-state index is 0.0768. The predicted molar refractivity (Wildman–Crippen MR) is 407 cm³/mol. The molecule has 0 aliphatic rings. The highest BCUT2D eigenvalue weighted by molar-refractivity contribution is 5.70. The summed E-state index contributed by atoms with van der Waals surface area (Å²) in [4.78, 5) is 24.7. The second-order valence-electron chi connectivity index (χ2n) is 24.3. The standard InChI is InChI=1S/C87H138O5/c1-3-5-7-9-11-13-15-17-19-21-23-25-27-29-31-33-35-37-39-41-43-45-47-49-51-53-55-57-59-61-63-65-67-69-71-73-75-77-79-81-86(89)91-84-85(83-88)92-87(90)82-80-78-76-74-72-70-68-66-64-62-60-58-56-54-52-50-48-46-44-42-40-38-36-34-32-30-28-26-24-22-20-18-16-14-12-10-8-6-4-2/h5-8,11-14,17-20,23-26,29-32,35-38,41-44,47-50,54,56,85,88H,3-4,9-10,15-16,21-22,27-28,33-34,39-40,45-46,51-53,55,57-84H2,1-2H3/b7-5-,8-6-,13-11-,14-12-,19-17-,20-18-,25-23-,26-24-,31-29-,32-30-,37-35-,38-36-,43-41-,44-42-,49-47-,50-48-,56-54-. The van der Waals surface area contributed by atoms with Gasteiger partial charge in [-0.2, -0.15) is 0 Å². The molecule has 0 aliphatic heterocycles. The Hall–Kier alpha value is -5.52. The molecule has 0 fully saturated rings. The summed E-state index contributed by atoms with van der Waals surface area (Å²) in [5.41, 5.74) is 0. The van der Waals surface area contributed by atoms with Gasteiger partial charge in [-0.25, -0.2) is 0 Å². The van der Waals surface area contributed by atoms with Gasteiger partial charge in [-0.05, 0) is 148 Å². The second kappa shape index (κ2) is 79.7. The normalized spacial score (nSPS) is 13.5. The van der Waals surface area contributed by atoms with Crippen LogP contribution in [-0.4, -0.2) is 36.4 Å². The van der Waals surface area contributed by atoms with Crippen LogP contribution in [0.1, 0.15) is 309 Å². The summed E-state index contributed by atoms with van der Waals surface area (Å²) >= 11 is 0. The molecule has 92 heavy (non-hydrogen) atoms. The number of aliphatic hydroxyl groups is 1. The smallest absolute Gasteiger partial charge is 0.306 e. The highest BCUT2D eigenvalue weighted by atomic mass is 16.6. The first kappa shape index (κ1) is 86.5. The molecule has 0 saturated heterocycles. The Labute approximate surface area is 568 Å². The third-order valence-corrected chi connectivity index (χ3v) is 15.6. The maximum Gasteiger partial charge on any atom is 0.306 e. The second-order valence-corrected chi connectivity index (χ2v) is 24.3. The van der Waals surface area contributed by atoms with E-state index in [1.54, 1.807) is 0 Å². The van der Waals surface area contributed by atoms with Crippen LogP contribution < -0.4 is 0 Å². The molecule has 0 radical (unpaired) electrons. The number of ether oxygens (including phenoxy) is 2. The van der Waals surface area contributed by atoms with Crippen molar-refractivity contribution in [1.29, 1.82) is 0 Å².